The number of rotatable bonds is 2. The maximum Gasteiger partial charge on any atom is 0.433 e. The molecule has 0 bridgehead atoms. The van der Waals surface area contributed by atoms with Crippen LogP contribution in [0.1, 0.15) is 17.0 Å². The van der Waals surface area contributed by atoms with Gasteiger partial charge in [0.15, 0.2) is 5.82 Å². The largest absolute Gasteiger partial charge is 0.433 e. The van der Waals surface area contributed by atoms with Gasteiger partial charge in [-0.3, -0.25) is 4.79 Å². The molecule has 0 saturated carbocycles. The summed E-state index contributed by atoms with van der Waals surface area (Å²) < 4.78 is 39.8. The lowest BCUT2D eigenvalue weighted by atomic mass is 10.1. The van der Waals surface area contributed by atoms with E-state index in [4.69, 9.17) is 0 Å². The lowest BCUT2D eigenvalue weighted by Gasteiger charge is -2.12. The highest BCUT2D eigenvalue weighted by Gasteiger charge is 2.34. The Labute approximate surface area is 141 Å². The number of aromatic nitrogens is 3. The van der Waals surface area contributed by atoms with Crippen LogP contribution in [0.2, 0.25) is 0 Å². The van der Waals surface area contributed by atoms with Crippen molar-refractivity contribution in [2.24, 2.45) is 0 Å². The summed E-state index contributed by atoms with van der Waals surface area (Å²) in [7, 11) is 0. The quantitative estimate of drug-likeness (QED) is 0.760. The maximum atomic E-state index is 13.3. The summed E-state index contributed by atoms with van der Waals surface area (Å²) in [5.74, 6) is -0.0789. The van der Waals surface area contributed by atoms with Crippen molar-refractivity contribution in [1.82, 2.24) is 15.0 Å². The van der Waals surface area contributed by atoms with Crippen molar-refractivity contribution in [1.29, 1.82) is 0 Å². The van der Waals surface area contributed by atoms with Crippen molar-refractivity contribution in [3.05, 3.63) is 69.8 Å². The fourth-order valence-corrected chi connectivity index (χ4v) is 2.61. The lowest BCUT2D eigenvalue weighted by Crippen LogP contribution is -2.15. The number of nitrogens with zero attached hydrogens (tertiary/aromatic N) is 2. The number of hydrogen-bond donors (Lipinski definition) is 1. The predicted octanol–water partition coefficient (Wildman–Crippen LogP) is 4.13. The van der Waals surface area contributed by atoms with Crippen LogP contribution in [-0.2, 0) is 6.18 Å². The molecule has 25 heavy (non-hydrogen) atoms. The van der Waals surface area contributed by atoms with Gasteiger partial charge in [0, 0.05) is 11.3 Å². The summed E-state index contributed by atoms with van der Waals surface area (Å²) in [5.41, 5.74) is 0.0948. The molecule has 2 aromatic heterocycles. The van der Waals surface area contributed by atoms with Gasteiger partial charge in [0.2, 0.25) is 0 Å². The number of aryl methyl sites for hydroxylation is 2. The van der Waals surface area contributed by atoms with Crippen LogP contribution in [-0.4, -0.2) is 15.0 Å². The number of hydrogen-bond acceptors (Lipinski definition) is 3. The number of pyridine rings is 1. The number of H-pyrrole nitrogens is 1. The Morgan fingerprint density at radius 1 is 1.00 bits per heavy atom. The standard InChI is InChI=1S/C18H14F3N3O/c1-10-8-11(2)22-17(25)15(10)13-9-14(18(19,20)21)24-16(23-13)12-6-4-3-5-7-12/h3-9H,1-2H3,(H,22,25). The Hall–Kier alpha value is -2.96. The summed E-state index contributed by atoms with van der Waals surface area (Å²) in [4.78, 5) is 22.7. The zero-order valence-corrected chi connectivity index (χ0v) is 13.5. The average molecular weight is 345 g/mol. The third-order valence-corrected chi connectivity index (χ3v) is 3.67. The molecule has 0 fully saturated rings. The van der Waals surface area contributed by atoms with Gasteiger partial charge in [-0.2, -0.15) is 13.2 Å². The first-order valence-electron chi connectivity index (χ1n) is 7.48. The van der Waals surface area contributed by atoms with Gasteiger partial charge >= 0.3 is 6.18 Å². The van der Waals surface area contributed by atoms with E-state index in [9.17, 15) is 18.0 Å². The van der Waals surface area contributed by atoms with Crippen LogP contribution in [0.3, 0.4) is 0 Å². The minimum atomic E-state index is -4.65. The second-order valence-electron chi connectivity index (χ2n) is 5.67. The fraction of sp³-hybridized carbons (Fsp3) is 0.167. The topological polar surface area (TPSA) is 58.6 Å². The molecule has 0 aliphatic heterocycles. The first kappa shape index (κ1) is 16.9. The molecule has 4 nitrogen and oxygen atoms in total. The van der Waals surface area contributed by atoms with Gasteiger partial charge in [-0.1, -0.05) is 30.3 Å². The van der Waals surface area contributed by atoms with Crippen LogP contribution >= 0.6 is 0 Å². The summed E-state index contributed by atoms with van der Waals surface area (Å²) in [6.07, 6.45) is -4.65. The Kier molecular flexibility index (Phi) is 4.16. The molecule has 3 rings (SSSR count). The minimum absolute atomic E-state index is 0.0556. The second kappa shape index (κ2) is 6.16. The lowest BCUT2D eigenvalue weighted by molar-refractivity contribution is -0.141. The van der Waals surface area contributed by atoms with E-state index in [0.29, 0.717) is 16.8 Å². The van der Waals surface area contributed by atoms with Crippen molar-refractivity contribution in [3.8, 4) is 22.6 Å². The van der Waals surface area contributed by atoms with Gasteiger partial charge in [0.25, 0.3) is 5.56 Å². The van der Waals surface area contributed by atoms with E-state index in [1.54, 1.807) is 50.2 Å². The normalized spacial score (nSPS) is 11.6. The van der Waals surface area contributed by atoms with Crippen LogP contribution < -0.4 is 5.56 Å². The first-order valence-corrected chi connectivity index (χ1v) is 7.48. The predicted molar refractivity (Wildman–Crippen MR) is 88.0 cm³/mol. The van der Waals surface area contributed by atoms with Crippen LogP contribution in [0.15, 0.2) is 47.3 Å². The first-order chi connectivity index (χ1) is 11.8. The van der Waals surface area contributed by atoms with Gasteiger partial charge in [-0.25, -0.2) is 9.97 Å². The van der Waals surface area contributed by atoms with Gasteiger partial charge < -0.3 is 4.98 Å². The number of aromatic amines is 1. The zero-order valence-electron chi connectivity index (χ0n) is 13.5. The Morgan fingerprint density at radius 2 is 1.68 bits per heavy atom. The molecule has 0 saturated heterocycles. The molecule has 0 radical (unpaired) electrons. The van der Waals surface area contributed by atoms with Crippen molar-refractivity contribution in [2.45, 2.75) is 20.0 Å². The van der Waals surface area contributed by atoms with E-state index in [-0.39, 0.29) is 17.1 Å². The summed E-state index contributed by atoms with van der Waals surface area (Å²) >= 11 is 0. The van der Waals surface area contributed by atoms with Crippen LogP contribution in [0, 0.1) is 13.8 Å². The van der Waals surface area contributed by atoms with E-state index in [0.717, 1.165) is 6.07 Å². The van der Waals surface area contributed by atoms with Crippen LogP contribution in [0.4, 0.5) is 13.2 Å². The molecule has 2 heterocycles. The number of nitrogens with one attached hydrogen (secondary N) is 1. The highest BCUT2D eigenvalue weighted by atomic mass is 19.4. The van der Waals surface area contributed by atoms with Crippen LogP contribution in [0.5, 0.6) is 0 Å². The molecule has 0 amide bonds. The van der Waals surface area contributed by atoms with Crippen LogP contribution in [0.25, 0.3) is 22.6 Å². The van der Waals surface area contributed by atoms with Gasteiger partial charge in [0.05, 0.1) is 11.3 Å². The monoisotopic (exact) mass is 345 g/mol. The summed E-state index contributed by atoms with van der Waals surface area (Å²) in [6.45, 7) is 3.36. The molecule has 0 aliphatic rings. The third kappa shape index (κ3) is 3.45. The fourth-order valence-electron chi connectivity index (χ4n) is 2.61. The molecule has 0 spiro atoms. The molecular formula is C18H14F3N3O. The summed E-state index contributed by atoms with van der Waals surface area (Å²) in [6, 6.07) is 10.8. The average Bonchev–Trinajstić information content (AvgIpc) is 2.53. The smallest absolute Gasteiger partial charge is 0.326 e. The SMILES string of the molecule is Cc1cc(C)c(-c2cc(C(F)(F)F)nc(-c3ccccc3)n2)c(=O)[nH]1. The van der Waals surface area contributed by atoms with Crippen molar-refractivity contribution in [2.75, 3.05) is 0 Å². The van der Waals surface area contributed by atoms with Crippen molar-refractivity contribution in [3.63, 3.8) is 0 Å². The number of alkyl halides is 3. The molecule has 1 aromatic carbocycles. The zero-order chi connectivity index (χ0) is 18.2. The Morgan fingerprint density at radius 3 is 2.28 bits per heavy atom. The molecule has 1 N–H and O–H groups in total. The number of halogens is 3. The van der Waals surface area contributed by atoms with E-state index < -0.39 is 17.4 Å². The minimum Gasteiger partial charge on any atom is -0.326 e. The van der Waals surface area contributed by atoms with E-state index in [2.05, 4.69) is 15.0 Å². The third-order valence-electron chi connectivity index (χ3n) is 3.67. The van der Waals surface area contributed by atoms with E-state index in [1.807, 2.05) is 0 Å². The maximum absolute atomic E-state index is 13.3. The van der Waals surface area contributed by atoms with Gasteiger partial charge in [0.1, 0.15) is 5.69 Å². The Balaban J connectivity index is 2.29. The van der Waals surface area contributed by atoms with Gasteiger partial charge in [-0.05, 0) is 31.5 Å². The van der Waals surface area contributed by atoms with E-state index in [1.165, 1.54) is 0 Å². The summed E-state index contributed by atoms with van der Waals surface area (Å²) in [5, 5.41) is 0. The van der Waals surface area contributed by atoms with Crippen molar-refractivity contribution >= 4 is 0 Å². The molecule has 7 heteroatoms. The van der Waals surface area contributed by atoms with Gasteiger partial charge in [-0.15, -0.1) is 0 Å². The highest BCUT2D eigenvalue weighted by molar-refractivity contribution is 5.66. The molecule has 128 valence electrons. The van der Waals surface area contributed by atoms with Crippen molar-refractivity contribution < 1.29 is 13.2 Å². The Bertz CT molecular complexity index is 979. The molecule has 3 aromatic rings. The molecular weight excluding hydrogens is 331 g/mol. The van der Waals surface area contributed by atoms with E-state index >= 15 is 0 Å². The number of benzene rings is 1. The molecule has 0 aliphatic carbocycles. The highest BCUT2D eigenvalue weighted by Crippen LogP contribution is 2.32. The molecule has 0 unspecified atom stereocenters. The molecule has 0 atom stereocenters. The second-order valence-corrected chi connectivity index (χ2v) is 5.67.